The van der Waals surface area contributed by atoms with E-state index < -0.39 is 24.0 Å². The van der Waals surface area contributed by atoms with Crippen LogP contribution in [0.1, 0.15) is 13.8 Å². The number of hydrogen-bond acceptors (Lipinski definition) is 6. The largest absolute Gasteiger partial charge is 0.469 e. The highest BCUT2D eigenvalue weighted by atomic mass is 16.7. The van der Waals surface area contributed by atoms with Crippen LogP contribution >= 0.6 is 0 Å². The van der Waals surface area contributed by atoms with Crippen molar-refractivity contribution in [1.29, 1.82) is 0 Å². The van der Waals surface area contributed by atoms with Crippen molar-refractivity contribution in [2.24, 2.45) is 5.92 Å². The topological polar surface area (TPSA) is 73.9 Å². The third kappa shape index (κ3) is 2.90. The molecule has 1 saturated heterocycles. The molecule has 1 fully saturated rings. The Labute approximate surface area is 87.8 Å². The predicted molar refractivity (Wildman–Crippen MR) is 49.6 cm³/mol. The first-order chi connectivity index (χ1) is 7.06. The Morgan fingerprint density at radius 3 is 2.60 bits per heavy atom. The van der Waals surface area contributed by atoms with E-state index in [1.807, 2.05) is 0 Å². The van der Waals surface area contributed by atoms with Crippen molar-refractivity contribution in [2.75, 3.05) is 13.7 Å². The Bertz CT molecular complexity index is 253. The number of methoxy groups -OCH3 is 1. The molecule has 6 heteroatoms. The number of esters is 2. The number of hydroxylamine groups is 1. The number of rotatable bonds is 3. The van der Waals surface area contributed by atoms with Gasteiger partial charge in [-0.3, -0.25) is 9.63 Å². The first-order valence-electron chi connectivity index (χ1n) is 4.73. The van der Waals surface area contributed by atoms with Gasteiger partial charge in [-0.25, -0.2) is 10.3 Å². The lowest BCUT2D eigenvalue weighted by atomic mass is 10.0. The maximum absolute atomic E-state index is 11.5. The van der Waals surface area contributed by atoms with Crippen molar-refractivity contribution < 1.29 is 23.9 Å². The van der Waals surface area contributed by atoms with E-state index in [2.05, 4.69) is 10.2 Å². The Morgan fingerprint density at radius 1 is 1.40 bits per heavy atom. The van der Waals surface area contributed by atoms with E-state index in [-0.39, 0.29) is 12.6 Å². The summed E-state index contributed by atoms with van der Waals surface area (Å²) in [5, 5.41) is 0. The quantitative estimate of drug-likeness (QED) is 0.650. The lowest BCUT2D eigenvalue weighted by molar-refractivity contribution is -0.168. The van der Waals surface area contributed by atoms with Crippen molar-refractivity contribution in [3.63, 3.8) is 0 Å². The molecule has 2 unspecified atom stereocenters. The van der Waals surface area contributed by atoms with Crippen LogP contribution in [0, 0.1) is 5.92 Å². The van der Waals surface area contributed by atoms with Gasteiger partial charge in [0.15, 0.2) is 6.10 Å². The normalized spacial score (nSPS) is 25.3. The molecule has 0 saturated carbocycles. The second-order valence-electron chi connectivity index (χ2n) is 3.50. The third-order valence-electron chi connectivity index (χ3n) is 1.97. The number of carbonyl (C=O) groups excluding carboxylic acids is 2. The van der Waals surface area contributed by atoms with Gasteiger partial charge in [0.25, 0.3) is 0 Å². The van der Waals surface area contributed by atoms with Crippen LogP contribution in [0.2, 0.25) is 0 Å². The molecule has 1 rings (SSSR count). The lowest BCUT2D eigenvalue weighted by Crippen LogP contribution is -2.36. The molecule has 1 heterocycles. The minimum absolute atomic E-state index is 0.236. The number of carbonyl (C=O) groups is 2. The molecule has 1 aliphatic heterocycles. The molecule has 0 amide bonds. The molecule has 6 nitrogen and oxygen atoms in total. The summed E-state index contributed by atoms with van der Waals surface area (Å²) in [5.74, 6) is -1.67. The van der Waals surface area contributed by atoms with E-state index >= 15 is 0 Å². The van der Waals surface area contributed by atoms with Crippen LogP contribution in [0.4, 0.5) is 0 Å². The zero-order chi connectivity index (χ0) is 11.4. The van der Waals surface area contributed by atoms with Gasteiger partial charge in [0.2, 0.25) is 0 Å². The van der Waals surface area contributed by atoms with E-state index in [0.29, 0.717) is 0 Å². The number of hydrogen-bond donors (Lipinski definition) is 1. The summed E-state index contributed by atoms with van der Waals surface area (Å²) in [6.07, 6.45) is -1.15. The van der Waals surface area contributed by atoms with E-state index in [4.69, 9.17) is 9.57 Å². The minimum Gasteiger partial charge on any atom is -0.469 e. The molecule has 2 atom stereocenters. The van der Waals surface area contributed by atoms with Gasteiger partial charge >= 0.3 is 11.9 Å². The SMILES string of the molecule is COC(=O)C1CNOC1C(=O)OC(C)C. The van der Waals surface area contributed by atoms with Crippen molar-refractivity contribution in [2.45, 2.75) is 26.1 Å². The van der Waals surface area contributed by atoms with Crippen LogP contribution in [-0.4, -0.2) is 37.8 Å². The molecule has 15 heavy (non-hydrogen) atoms. The van der Waals surface area contributed by atoms with Crippen LogP contribution in [0.3, 0.4) is 0 Å². The summed E-state index contributed by atoms with van der Waals surface area (Å²) >= 11 is 0. The van der Waals surface area contributed by atoms with Crippen molar-refractivity contribution in [1.82, 2.24) is 5.48 Å². The maximum Gasteiger partial charge on any atom is 0.338 e. The smallest absolute Gasteiger partial charge is 0.338 e. The monoisotopic (exact) mass is 217 g/mol. The summed E-state index contributed by atoms with van der Waals surface area (Å²) in [4.78, 5) is 27.7. The minimum atomic E-state index is -0.917. The first-order valence-corrected chi connectivity index (χ1v) is 4.73. The van der Waals surface area contributed by atoms with Crippen LogP contribution in [-0.2, 0) is 23.9 Å². The van der Waals surface area contributed by atoms with Gasteiger partial charge < -0.3 is 9.47 Å². The Kier molecular flexibility index (Phi) is 4.05. The van der Waals surface area contributed by atoms with Crippen LogP contribution in [0.25, 0.3) is 0 Å². The fraction of sp³-hybridized carbons (Fsp3) is 0.778. The molecule has 0 aliphatic carbocycles. The fourth-order valence-corrected chi connectivity index (χ4v) is 1.29. The van der Waals surface area contributed by atoms with Gasteiger partial charge in [-0.1, -0.05) is 0 Å². The third-order valence-corrected chi connectivity index (χ3v) is 1.97. The Hall–Kier alpha value is -1.14. The van der Waals surface area contributed by atoms with Gasteiger partial charge in [0.1, 0.15) is 5.92 Å². The molecule has 0 aromatic rings. The molecule has 0 aromatic carbocycles. The van der Waals surface area contributed by atoms with Gasteiger partial charge in [-0.2, -0.15) is 0 Å². The average molecular weight is 217 g/mol. The van der Waals surface area contributed by atoms with Crippen LogP contribution in [0.15, 0.2) is 0 Å². The molecular formula is C9H15NO5. The highest BCUT2D eigenvalue weighted by molar-refractivity contribution is 5.84. The first kappa shape index (κ1) is 11.9. The van der Waals surface area contributed by atoms with Gasteiger partial charge in [-0.15, -0.1) is 0 Å². The summed E-state index contributed by atoms with van der Waals surface area (Å²) in [5.41, 5.74) is 2.49. The van der Waals surface area contributed by atoms with Gasteiger partial charge in [-0.05, 0) is 13.8 Å². The molecule has 0 bridgehead atoms. The van der Waals surface area contributed by atoms with Gasteiger partial charge in [0.05, 0.1) is 13.2 Å². The zero-order valence-corrected chi connectivity index (χ0v) is 8.98. The van der Waals surface area contributed by atoms with E-state index in [1.165, 1.54) is 7.11 Å². The van der Waals surface area contributed by atoms with E-state index in [9.17, 15) is 9.59 Å². The average Bonchev–Trinajstić information content (AvgIpc) is 2.63. The second-order valence-corrected chi connectivity index (χ2v) is 3.50. The van der Waals surface area contributed by atoms with Crippen LogP contribution in [0.5, 0.6) is 0 Å². The van der Waals surface area contributed by atoms with Crippen molar-refractivity contribution >= 4 is 11.9 Å². The predicted octanol–water partition coefficient (Wildman–Crippen LogP) is -0.369. The Balaban J connectivity index is 2.60. The molecule has 0 spiro atoms. The van der Waals surface area contributed by atoms with E-state index in [1.54, 1.807) is 13.8 Å². The van der Waals surface area contributed by atoms with E-state index in [0.717, 1.165) is 0 Å². The fourth-order valence-electron chi connectivity index (χ4n) is 1.29. The second kappa shape index (κ2) is 5.09. The summed E-state index contributed by atoms with van der Waals surface area (Å²) in [6, 6.07) is 0. The highest BCUT2D eigenvalue weighted by Gasteiger charge is 2.41. The molecular weight excluding hydrogens is 202 g/mol. The van der Waals surface area contributed by atoms with Crippen LogP contribution < -0.4 is 5.48 Å². The summed E-state index contributed by atoms with van der Waals surface area (Å²) in [7, 11) is 1.27. The maximum atomic E-state index is 11.5. The number of ether oxygens (including phenoxy) is 2. The standard InChI is InChI=1S/C9H15NO5/c1-5(2)14-9(12)7-6(4-10-15-7)8(11)13-3/h5-7,10H,4H2,1-3H3. The molecule has 1 aliphatic rings. The van der Waals surface area contributed by atoms with Crippen molar-refractivity contribution in [3.8, 4) is 0 Å². The zero-order valence-electron chi connectivity index (χ0n) is 8.98. The highest BCUT2D eigenvalue weighted by Crippen LogP contribution is 2.16. The molecule has 0 aromatic heterocycles. The van der Waals surface area contributed by atoms with Crippen molar-refractivity contribution in [3.05, 3.63) is 0 Å². The summed E-state index contributed by atoms with van der Waals surface area (Å²) in [6.45, 7) is 3.71. The lowest BCUT2D eigenvalue weighted by Gasteiger charge is -2.15. The molecule has 0 radical (unpaired) electrons. The van der Waals surface area contributed by atoms with Gasteiger partial charge in [0, 0.05) is 6.54 Å². The molecule has 1 N–H and O–H groups in total. The Morgan fingerprint density at radius 2 is 2.07 bits per heavy atom. The molecule has 86 valence electrons. The summed E-state index contributed by atoms with van der Waals surface area (Å²) < 4.78 is 9.50. The number of nitrogens with one attached hydrogen (secondary N) is 1.